The lowest BCUT2D eigenvalue weighted by atomic mass is 10.1. The third-order valence-electron chi connectivity index (χ3n) is 1.94. The molecule has 0 saturated carbocycles. The van der Waals surface area contributed by atoms with Crippen molar-refractivity contribution < 1.29 is 0 Å². The SMILES string of the molecule is Br.CC(C)CCN1CCN=C1N. The zero-order valence-electron chi connectivity index (χ0n) is 7.79. The number of hydrogen-bond acceptors (Lipinski definition) is 3. The molecule has 0 spiro atoms. The van der Waals surface area contributed by atoms with Gasteiger partial charge in [-0.05, 0) is 12.3 Å². The number of rotatable bonds is 3. The van der Waals surface area contributed by atoms with Gasteiger partial charge in [0.25, 0.3) is 0 Å². The largest absolute Gasteiger partial charge is 0.370 e. The Hall–Kier alpha value is -0.250. The van der Waals surface area contributed by atoms with Crippen molar-refractivity contribution in [3.05, 3.63) is 0 Å². The molecule has 0 aliphatic carbocycles. The number of nitrogens with zero attached hydrogens (tertiary/aromatic N) is 2. The van der Waals surface area contributed by atoms with E-state index in [0.717, 1.165) is 31.5 Å². The van der Waals surface area contributed by atoms with Gasteiger partial charge in [-0.25, -0.2) is 0 Å². The van der Waals surface area contributed by atoms with Crippen LogP contribution in [-0.2, 0) is 0 Å². The quantitative estimate of drug-likeness (QED) is 0.801. The molecule has 0 aromatic heterocycles. The number of guanidine groups is 1. The van der Waals surface area contributed by atoms with Crippen LogP contribution in [0.1, 0.15) is 20.3 Å². The Bertz CT molecular complexity index is 156. The van der Waals surface area contributed by atoms with E-state index in [1.165, 1.54) is 6.42 Å². The van der Waals surface area contributed by atoms with Crippen molar-refractivity contribution in [3.8, 4) is 0 Å². The fourth-order valence-electron chi connectivity index (χ4n) is 1.14. The Kier molecular flexibility index (Phi) is 5.29. The van der Waals surface area contributed by atoms with E-state index in [9.17, 15) is 0 Å². The van der Waals surface area contributed by atoms with Crippen molar-refractivity contribution in [2.75, 3.05) is 19.6 Å². The summed E-state index contributed by atoms with van der Waals surface area (Å²) in [5.41, 5.74) is 5.64. The Morgan fingerprint density at radius 1 is 1.58 bits per heavy atom. The molecule has 72 valence electrons. The molecule has 1 aliphatic heterocycles. The van der Waals surface area contributed by atoms with E-state index in [0.29, 0.717) is 0 Å². The van der Waals surface area contributed by atoms with Gasteiger partial charge in [-0.3, -0.25) is 4.99 Å². The lowest BCUT2D eigenvalue weighted by molar-refractivity contribution is 0.404. The summed E-state index contributed by atoms with van der Waals surface area (Å²) < 4.78 is 0. The Morgan fingerprint density at radius 3 is 2.67 bits per heavy atom. The lowest BCUT2D eigenvalue weighted by Gasteiger charge is -2.17. The van der Waals surface area contributed by atoms with Gasteiger partial charge in [0.2, 0.25) is 0 Å². The third kappa shape index (κ3) is 3.43. The molecule has 0 bridgehead atoms. The Labute approximate surface area is 84.8 Å². The minimum atomic E-state index is 0. The van der Waals surface area contributed by atoms with Crippen molar-refractivity contribution in [2.45, 2.75) is 20.3 Å². The Morgan fingerprint density at radius 2 is 2.25 bits per heavy atom. The van der Waals surface area contributed by atoms with E-state index >= 15 is 0 Å². The summed E-state index contributed by atoms with van der Waals surface area (Å²) in [6, 6.07) is 0. The zero-order valence-corrected chi connectivity index (χ0v) is 9.50. The monoisotopic (exact) mass is 235 g/mol. The van der Waals surface area contributed by atoms with Crippen LogP contribution >= 0.6 is 17.0 Å². The maximum atomic E-state index is 5.64. The van der Waals surface area contributed by atoms with E-state index in [1.807, 2.05) is 0 Å². The van der Waals surface area contributed by atoms with Gasteiger partial charge in [-0.15, -0.1) is 17.0 Å². The molecule has 1 aliphatic rings. The lowest BCUT2D eigenvalue weighted by Crippen LogP contribution is -2.34. The molecule has 0 fully saturated rings. The fraction of sp³-hybridized carbons (Fsp3) is 0.875. The minimum Gasteiger partial charge on any atom is -0.370 e. The summed E-state index contributed by atoms with van der Waals surface area (Å²) in [5, 5.41) is 0. The van der Waals surface area contributed by atoms with Crippen LogP contribution in [0.3, 0.4) is 0 Å². The summed E-state index contributed by atoms with van der Waals surface area (Å²) in [7, 11) is 0. The van der Waals surface area contributed by atoms with Crippen molar-refractivity contribution in [1.29, 1.82) is 0 Å². The smallest absolute Gasteiger partial charge is 0.191 e. The van der Waals surface area contributed by atoms with Crippen LogP contribution in [0.4, 0.5) is 0 Å². The minimum absolute atomic E-state index is 0. The third-order valence-corrected chi connectivity index (χ3v) is 1.94. The van der Waals surface area contributed by atoms with E-state index in [2.05, 4.69) is 23.7 Å². The van der Waals surface area contributed by atoms with Crippen LogP contribution in [0.5, 0.6) is 0 Å². The van der Waals surface area contributed by atoms with Crippen LogP contribution in [0, 0.1) is 5.92 Å². The number of hydrogen-bond donors (Lipinski definition) is 1. The highest BCUT2D eigenvalue weighted by atomic mass is 79.9. The van der Waals surface area contributed by atoms with Gasteiger partial charge in [-0.2, -0.15) is 0 Å². The van der Waals surface area contributed by atoms with Gasteiger partial charge in [0.1, 0.15) is 0 Å². The second kappa shape index (κ2) is 5.41. The average molecular weight is 236 g/mol. The van der Waals surface area contributed by atoms with Gasteiger partial charge in [0.15, 0.2) is 5.96 Å². The molecular weight excluding hydrogens is 218 g/mol. The Balaban J connectivity index is 0.00000121. The van der Waals surface area contributed by atoms with Gasteiger partial charge in [0, 0.05) is 13.1 Å². The molecule has 4 heteroatoms. The van der Waals surface area contributed by atoms with Crippen LogP contribution in [0.15, 0.2) is 4.99 Å². The second-order valence-electron chi connectivity index (χ2n) is 3.41. The highest BCUT2D eigenvalue weighted by molar-refractivity contribution is 8.93. The summed E-state index contributed by atoms with van der Waals surface area (Å²) in [4.78, 5) is 6.27. The van der Waals surface area contributed by atoms with Crippen LogP contribution in [0.2, 0.25) is 0 Å². The normalized spacial score (nSPS) is 16.2. The van der Waals surface area contributed by atoms with Gasteiger partial charge in [0.05, 0.1) is 6.54 Å². The topological polar surface area (TPSA) is 41.6 Å². The highest BCUT2D eigenvalue weighted by Crippen LogP contribution is 2.04. The molecule has 1 heterocycles. The average Bonchev–Trinajstić information content (AvgIpc) is 2.31. The molecule has 2 N–H and O–H groups in total. The predicted octanol–water partition coefficient (Wildman–Crippen LogP) is 1.24. The summed E-state index contributed by atoms with van der Waals surface area (Å²) in [6.45, 7) is 7.41. The molecule has 3 nitrogen and oxygen atoms in total. The van der Waals surface area contributed by atoms with E-state index in [4.69, 9.17) is 5.73 Å². The first kappa shape index (κ1) is 11.8. The fourth-order valence-corrected chi connectivity index (χ4v) is 1.14. The summed E-state index contributed by atoms with van der Waals surface area (Å²) in [6.07, 6.45) is 1.20. The van der Waals surface area contributed by atoms with Crippen molar-refractivity contribution >= 4 is 22.9 Å². The highest BCUT2D eigenvalue weighted by Gasteiger charge is 2.12. The summed E-state index contributed by atoms with van der Waals surface area (Å²) >= 11 is 0. The molecule has 0 aromatic carbocycles. The molecule has 12 heavy (non-hydrogen) atoms. The van der Waals surface area contributed by atoms with Crippen LogP contribution in [0.25, 0.3) is 0 Å². The molecule has 0 aromatic rings. The number of aliphatic imine (C=N–C) groups is 1. The van der Waals surface area contributed by atoms with E-state index in [1.54, 1.807) is 0 Å². The summed E-state index contributed by atoms with van der Waals surface area (Å²) in [5.74, 6) is 1.48. The first-order valence-corrected chi connectivity index (χ1v) is 4.25. The molecule has 0 atom stereocenters. The van der Waals surface area contributed by atoms with Gasteiger partial charge >= 0.3 is 0 Å². The zero-order chi connectivity index (χ0) is 8.27. The molecule has 0 unspecified atom stereocenters. The van der Waals surface area contributed by atoms with E-state index in [-0.39, 0.29) is 17.0 Å². The van der Waals surface area contributed by atoms with Gasteiger partial charge < -0.3 is 10.6 Å². The standard InChI is InChI=1S/C8H17N3.BrH/c1-7(2)3-5-11-6-4-10-8(11)9;/h7H,3-6H2,1-2H3,(H2,9,10);1H. The molecule has 1 rings (SSSR count). The van der Waals surface area contributed by atoms with E-state index < -0.39 is 0 Å². The van der Waals surface area contributed by atoms with Crippen LogP contribution < -0.4 is 5.73 Å². The van der Waals surface area contributed by atoms with Crippen molar-refractivity contribution in [1.82, 2.24) is 4.90 Å². The maximum absolute atomic E-state index is 5.64. The van der Waals surface area contributed by atoms with Crippen molar-refractivity contribution in [2.24, 2.45) is 16.6 Å². The number of nitrogens with two attached hydrogens (primary N) is 1. The molecule has 0 radical (unpaired) electrons. The predicted molar refractivity (Wildman–Crippen MR) is 57.8 cm³/mol. The van der Waals surface area contributed by atoms with Gasteiger partial charge in [-0.1, -0.05) is 13.8 Å². The molecule has 0 saturated heterocycles. The second-order valence-corrected chi connectivity index (χ2v) is 3.41. The maximum Gasteiger partial charge on any atom is 0.191 e. The van der Waals surface area contributed by atoms with Crippen LogP contribution in [-0.4, -0.2) is 30.5 Å². The first-order valence-electron chi connectivity index (χ1n) is 4.25. The number of halogens is 1. The first-order chi connectivity index (χ1) is 5.20. The van der Waals surface area contributed by atoms with Crippen molar-refractivity contribution in [3.63, 3.8) is 0 Å². The molecular formula is C8H18BrN3. The molecule has 0 amide bonds.